The molecule has 6 heteroatoms. The van der Waals surface area contributed by atoms with Crippen molar-refractivity contribution in [2.75, 3.05) is 0 Å². The van der Waals surface area contributed by atoms with Crippen molar-refractivity contribution in [3.8, 4) is 11.8 Å². The highest BCUT2D eigenvalue weighted by Crippen LogP contribution is 2.18. The van der Waals surface area contributed by atoms with Crippen LogP contribution in [0.3, 0.4) is 0 Å². The van der Waals surface area contributed by atoms with Gasteiger partial charge in [0.15, 0.2) is 0 Å². The second-order valence-corrected chi connectivity index (χ2v) is 4.48. The molecule has 0 radical (unpaired) electrons. The van der Waals surface area contributed by atoms with Crippen LogP contribution in [0.5, 0.6) is 0 Å². The monoisotopic (exact) mass is 310 g/mol. The van der Waals surface area contributed by atoms with Gasteiger partial charge in [-0.1, -0.05) is 30.0 Å². The number of rotatable bonds is 3. The van der Waals surface area contributed by atoms with Crippen LogP contribution in [0, 0.1) is 11.8 Å². The molecule has 0 saturated heterocycles. The molecule has 0 aliphatic carbocycles. The Morgan fingerprint density at radius 1 is 0.739 bits per heavy atom. The van der Waals surface area contributed by atoms with Crippen LogP contribution >= 0.6 is 0 Å². The van der Waals surface area contributed by atoms with E-state index >= 15 is 0 Å². The number of carbonyl (C=O) groups is 3. The number of hydrogen-bond donors (Lipinski definition) is 3. The van der Waals surface area contributed by atoms with Gasteiger partial charge in [0.1, 0.15) is 0 Å². The third kappa shape index (κ3) is 3.54. The van der Waals surface area contributed by atoms with Crippen molar-refractivity contribution in [2.24, 2.45) is 0 Å². The lowest BCUT2D eigenvalue weighted by Gasteiger charge is -2.06. The first-order valence-electron chi connectivity index (χ1n) is 6.35. The van der Waals surface area contributed by atoms with Crippen molar-refractivity contribution < 1.29 is 29.7 Å². The lowest BCUT2D eigenvalue weighted by atomic mass is 9.97. The fourth-order valence-corrected chi connectivity index (χ4v) is 1.89. The molecule has 0 saturated carbocycles. The first-order chi connectivity index (χ1) is 10.9. The minimum absolute atomic E-state index is 0.237. The molecule has 0 heterocycles. The zero-order valence-electron chi connectivity index (χ0n) is 11.6. The fourth-order valence-electron chi connectivity index (χ4n) is 1.89. The molecule has 0 aliphatic heterocycles. The van der Waals surface area contributed by atoms with Crippen LogP contribution in [0.15, 0.2) is 42.5 Å². The molecule has 2 aromatic carbocycles. The lowest BCUT2D eigenvalue weighted by Crippen LogP contribution is -2.11. The summed E-state index contributed by atoms with van der Waals surface area (Å²) >= 11 is 0. The Kier molecular flexibility index (Phi) is 4.43. The summed E-state index contributed by atoms with van der Waals surface area (Å²) in [5, 5.41) is 27.4. The van der Waals surface area contributed by atoms with Gasteiger partial charge in [0.05, 0.1) is 22.3 Å². The number of carboxylic acid groups (broad SMARTS) is 3. The summed E-state index contributed by atoms with van der Waals surface area (Å²) in [4.78, 5) is 33.7. The normalized spacial score (nSPS) is 9.57. The van der Waals surface area contributed by atoms with Crippen molar-refractivity contribution in [3.05, 3.63) is 70.3 Å². The SMILES string of the molecule is O=C(O)c1cc(C(=O)O)c(C#Cc2ccccc2)c(C(=O)O)c1. The summed E-state index contributed by atoms with van der Waals surface area (Å²) in [6, 6.07) is 10.4. The number of carboxylic acids is 3. The van der Waals surface area contributed by atoms with Gasteiger partial charge in [-0.25, -0.2) is 14.4 Å². The van der Waals surface area contributed by atoms with Gasteiger partial charge in [-0.05, 0) is 24.3 Å². The Bertz CT molecular complexity index is 821. The molecule has 0 spiro atoms. The summed E-state index contributed by atoms with van der Waals surface area (Å²) in [7, 11) is 0. The van der Waals surface area contributed by atoms with E-state index in [-0.39, 0.29) is 5.56 Å². The van der Waals surface area contributed by atoms with E-state index < -0.39 is 34.6 Å². The molecule has 0 amide bonds. The number of hydrogen-bond acceptors (Lipinski definition) is 3. The van der Waals surface area contributed by atoms with E-state index in [1.165, 1.54) is 0 Å². The third-order valence-corrected chi connectivity index (χ3v) is 2.95. The third-order valence-electron chi connectivity index (χ3n) is 2.95. The average molecular weight is 310 g/mol. The second kappa shape index (κ2) is 6.45. The van der Waals surface area contributed by atoms with E-state index in [1.54, 1.807) is 30.3 Å². The molecular weight excluding hydrogens is 300 g/mol. The standard InChI is InChI=1S/C17H10O6/c18-15(19)11-8-13(16(20)21)12(14(9-11)17(22)23)7-6-10-4-2-1-3-5-10/h1-5,8-9H,(H,18,19)(H,20,21)(H,22,23). The van der Waals surface area contributed by atoms with Gasteiger partial charge in [-0.15, -0.1) is 0 Å². The Labute approximate surface area is 130 Å². The summed E-state index contributed by atoms with van der Waals surface area (Å²) in [5.41, 5.74) is -1.03. The minimum Gasteiger partial charge on any atom is -0.478 e. The fraction of sp³-hybridized carbons (Fsp3) is 0. The van der Waals surface area contributed by atoms with Crippen LogP contribution in [0.25, 0.3) is 0 Å². The molecule has 114 valence electrons. The molecule has 0 aliphatic rings. The van der Waals surface area contributed by atoms with Crippen LogP contribution in [-0.4, -0.2) is 33.2 Å². The Morgan fingerprint density at radius 3 is 1.70 bits per heavy atom. The van der Waals surface area contributed by atoms with Gasteiger partial charge in [0.2, 0.25) is 0 Å². The molecule has 2 aromatic rings. The van der Waals surface area contributed by atoms with Crippen molar-refractivity contribution in [2.45, 2.75) is 0 Å². The van der Waals surface area contributed by atoms with Gasteiger partial charge < -0.3 is 15.3 Å². The summed E-state index contributed by atoms with van der Waals surface area (Å²) < 4.78 is 0. The van der Waals surface area contributed by atoms with E-state index in [2.05, 4.69) is 11.8 Å². The molecule has 0 fully saturated rings. The topological polar surface area (TPSA) is 112 Å². The van der Waals surface area contributed by atoms with E-state index in [1.807, 2.05) is 0 Å². The first kappa shape index (κ1) is 15.8. The molecule has 3 N–H and O–H groups in total. The van der Waals surface area contributed by atoms with E-state index in [0.29, 0.717) is 5.56 Å². The van der Waals surface area contributed by atoms with Gasteiger partial charge in [0, 0.05) is 5.56 Å². The van der Waals surface area contributed by atoms with Crippen LogP contribution in [-0.2, 0) is 0 Å². The molecule has 0 bridgehead atoms. The quantitative estimate of drug-likeness (QED) is 0.749. The predicted molar refractivity (Wildman–Crippen MR) is 79.7 cm³/mol. The number of aromatic carboxylic acids is 3. The summed E-state index contributed by atoms with van der Waals surface area (Å²) in [6.45, 7) is 0. The maximum atomic E-state index is 11.3. The van der Waals surface area contributed by atoms with Crippen LogP contribution in [0.2, 0.25) is 0 Å². The van der Waals surface area contributed by atoms with Gasteiger partial charge >= 0.3 is 17.9 Å². The van der Waals surface area contributed by atoms with Crippen molar-refractivity contribution in [1.82, 2.24) is 0 Å². The smallest absolute Gasteiger partial charge is 0.337 e. The maximum absolute atomic E-state index is 11.3. The Hall–Kier alpha value is -3.59. The Morgan fingerprint density at radius 2 is 1.26 bits per heavy atom. The van der Waals surface area contributed by atoms with Crippen LogP contribution in [0.4, 0.5) is 0 Å². The maximum Gasteiger partial charge on any atom is 0.337 e. The zero-order valence-corrected chi connectivity index (χ0v) is 11.6. The molecule has 0 unspecified atom stereocenters. The summed E-state index contributed by atoms with van der Waals surface area (Å²) in [5.74, 6) is 0.878. The molecule has 2 rings (SSSR count). The van der Waals surface area contributed by atoms with E-state index in [4.69, 9.17) is 5.11 Å². The molecule has 6 nitrogen and oxygen atoms in total. The number of benzene rings is 2. The highest BCUT2D eigenvalue weighted by Gasteiger charge is 2.21. The zero-order chi connectivity index (χ0) is 17.0. The van der Waals surface area contributed by atoms with E-state index in [9.17, 15) is 24.6 Å². The first-order valence-corrected chi connectivity index (χ1v) is 6.35. The second-order valence-electron chi connectivity index (χ2n) is 4.48. The van der Waals surface area contributed by atoms with Gasteiger partial charge in [0.25, 0.3) is 0 Å². The predicted octanol–water partition coefficient (Wildman–Crippen LogP) is 2.18. The van der Waals surface area contributed by atoms with Crippen molar-refractivity contribution in [1.29, 1.82) is 0 Å². The van der Waals surface area contributed by atoms with Crippen LogP contribution < -0.4 is 0 Å². The highest BCUT2D eigenvalue weighted by molar-refractivity contribution is 6.02. The van der Waals surface area contributed by atoms with Crippen molar-refractivity contribution >= 4 is 17.9 Å². The van der Waals surface area contributed by atoms with Crippen LogP contribution in [0.1, 0.15) is 42.2 Å². The highest BCUT2D eigenvalue weighted by atomic mass is 16.4. The average Bonchev–Trinajstić information content (AvgIpc) is 2.52. The minimum atomic E-state index is -1.45. The Balaban J connectivity index is 2.70. The largest absolute Gasteiger partial charge is 0.478 e. The molecule has 0 aromatic heterocycles. The summed E-state index contributed by atoms with van der Waals surface area (Å²) in [6.07, 6.45) is 0. The molecule has 23 heavy (non-hydrogen) atoms. The van der Waals surface area contributed by atoms with E-state index in [0.717, 1.165) is 12.1 Å². The lowest BCUT2D eigenvalue weighted by molar-refractivity contribution is 0.0695. The molecule has 0 atom stereocenters. The van der Waals surface area contributed by atoms with Crippen molar-refractivity contribution in [3.63, 3.8) is 0 Å². The molecular formula is C17H10O6. The van der Waals surface area contributed by atoms with Gasteiger partial charge in [-0.3, -0.25) is 0 Å². The van der Waals surface area contributed by atoms with Gasteiger partial charge in [-0.2, -0.15) is 0 Å².